The lowest BCUT2D eigenvalue weighted by Gasteiger charge is -2.36. The number of ether oxygens (including phenoxy) is 1. The molecule has 1 aromatic carbocycles. The van der Waals surface area contributed by atoms with Gasteiger partial charge in [-0.2, -0.15) is 0 Å². The van der Waals surface area contributed by atoms with Crippen LogP contribution in [-0.4, -0.2) is 6.09 Å². The first kappa shape index (κ1) is 11.0. The van der Waals surface area contributed by atoms with Gasteiger partial charge < -0.3 is 10.5 Å². The van der Waals surface area contributed by atoms with E-state index in [-0.39, 0.29) is 0 Å². The largest absolute Gasteiger partial charge is 0.438 e. The fraction of sp³-hybridized carbons (Fsp3) is 0.462. The van der Waals surface area contributed by atoms with E-state index in [9.17, 15) is 4.79 Å². The maximum Gasteiger partial charge on any atom is 0.405 e. The van der Waals surface area contributed by atoms with Gasteiger partial charge in [0.1, 0.15) is 5.60 Å². The fourth-order valence-electron chi connectivity index (χ4n) is 2.51. The highest BCUT2D eigenvalue weighted by atomic mass is 16.6. The van der Waals surface area contributed by atoms with E-state index in [4.69, 9.17) is 10.5 Å². The number of carbonyl (C=O) groups excluding carboxylic acids is 1. The van der Waals surface area contributed by atoms with Crippen LogP contribution in [0.2, 0.25) is 0 Å². The summed E-state index contributed by atoms with van der Waals surface area (Å²) in [5.74, 6) is 0. The van der Waals surface area contributed by atoms with Crippen LogP contribution in [-0.2, 0) is 10.3 Å². The molecule has 1 aliphatic rings. The number of hydrogen-bond acceptors (Lipinski definition) is 2. The van der Waals surface area contributed by atoms with Crippen LogP contribution in [0.15, 0.2) is 30.3 Å². The number of rotatable bonds is 2. The number of benzene rings is 1. The monoisotopic (exact) mass is 219 g/mol. The lowest BCUT2D eigenvalue weighted by atomic mass is 9.79. The van der Waals surface area contributed by atoms with Crippen LogP contribution in [0.4, 0.5) is 4.79 Å². The Kier molecular flexibility index (Phi) is 3.13. The topological polar surface area (TPSA) is 52.3 Å². The van der Waals surface area contributed by atoms with Gasteiger partial charge in [-0.05, 0) is 31.2 Å². The zero-order valence-electron chi connectivity index (χ0n) is 9.32. The van der Waals surface area contributed by atoms with Crippen molar-refractivity contribution in [3.8, 4) is 0 Å². The summed E-state index contributed by atoms with van der Waals surface area (Å²) in [6.45, 7) is 0. The lowest BCUT2D eigenvalue weighted by Crippen LogP contribution is -2.36. The van der Waals surface area contributed by atoms with Crippen molar-refractivity contribution >= 4 is 6.09 Å². The van der Waals surface area contributed by atoms with Crippen molar-refractivity contribution in [2.45, 2.75) is 37.7 Å². The minimum Gasteiger partial charge on any atom is -0.438 e. The molecule has 0 radical (unpaired) electrons. The normalized spacial score (nSPS) is 19.0. The SMILES string of the molecule is NC(=O)OC1(c2ccccc2)CCCCC1. The van der Waals surface area contributed by atoms with Gasteiger partial charge in [0.15, 0.2) is 0 Å². The fourth-order valence-corrected chi connectivity index (χ4v) is 2.51. The van der Waals surface area contributed by atoms with Crippen molar-refractivity contribution in [2.24, 2.45) is 5.73 Å². The first-order chi connectivity index (χ1) is 7.73. The molecule has 16 heavy (non-hydrogen) atoms. The van der Waals surface area contributed by atoms with Gasteiger partial charge in [-0.25, -0.2) is 4.79 Å². The summed E-state index contributed by atoms with van der Waals surface area (Å²) in [6, 6.07) is 9.92. The molecule has 0 saturated heterocycles. The Labute approximate surface area is 95.6 Å². The molecule has 1 amide bonds. The molecule has 3 nitrogen and oxygen atoms in total. The molecule has 3 heteroatoms. The summed E-state index contributed by atoms with van der Waals surface area (Å²) >= 11 is 0. The maximum absolute atomic E-state index is 11.0. The average molecular weight is 219 g/mol. The molecule has 0 atom stereocenters. The average Bonchev–Trinajstić information content (AvgIpc) is 2.30. The number of primary amides is 1. The second-order valence-corrected chi connectivity index (χ2v) is 4.34. The summed E-state index contributed by atoms with van der Waals surface area (Å²) in [5.41, 5.74) is 5.77. The third-order valence-electron chi connectivity index (χ3n) is 3.26. The van der Waals surface area contributed by atoms with E-state index >= 15 is 0 Å². The number of carbonyl (C=O) groups is 1. The second-order valence-electron chi connectivity index (χ2n) is 4.34. The summed E-state index contributed by atoms with van der Waals surface area (Å²) in [7, 11) is 0. The van der Waals surface area contributed by atoms with Crippen LogP contribution in [0.25, 0.3) is 0 Å². The molecule has 1 aliphatic carbocycles. The Bertz CT molecular complexity index is 355. The molecule has 0 unspecified atom stereocenters. The van der Waals surface area contributed by atoms with Crippen molar-refractivity contribution in [1.29, 1.82) is 0 Å². The first-order valence-electron chi connectivity index (χ1n) is 5.77. The van der Waals surface area contributed by atoms with Crippen molar-refractivity contribution < 1.29 is 9.53 Å². The van der Waals surface area contributed by atoms with E-state index in [1.165, 1.54) is 6.42 Å². The van der Waals surface area contributed by atoms with Gasteiger partial charge >= 0.3 is 6.09 Å². The zero-order chi connectivity index (χ0) is 11.4. The zero-order valence-corrected chi connectivity index (χ0v) is 9.32. The summed E-state index contributed by atoms with van der Waals surface area (Å²) < 4.78 is 5.40. The minimum atomic E-state index is -0.675. The molecular weight excluding hydrogens is 202 g/mol. The molecule has 1 aromatic rings. The van der Waals surface area contributed by atoms with Crippen LogP contribution in [0, 0.1) is 0 Å². The highest BCUT2D eigenvalue weighted by Gasteiger charge is 2.37. The Hall–Kier alpha value is -1.51. The van der Waals surface area contributed by atoms with Gasteiger partial charge in [0.25, 0.3) is 0 Å². The predicted molar refractivity (Wildman–Crippen MR) is 61.9 cm³/mol. The molecule has 0 bridgehead atoms. The highest BCUT2D eigenvalue weighted by Crippen LogP contribution is 2.40. The van der Waals surface area contributed by atoms with E-state index in [0.29, 0.717) is 0 Å². The quantitative estimate of drug-likeness (QED) is 0.831. The van der Waals surface area contributed by atoms with Gasteiger partial charge in [0.2, 0.25) is 0 Å². The molecule has 2 N–H and O–H groups in total. The van der Waals surface area contributed by atoms with Crippen molar-refractivity contribution in [1.82, 2.24) is 0 Å². The van der Waals surface area contributed by atoms with Crippen LogP contribution >= 0.6 is 0 Å². The Morgan fingerprint density at radius 3 is 2.31 bits per heavy atom. The number of amides is 1. The van der Waals surface area contributed by atoms with E-state index < -0.39 is 11.7 Å². The van der Waals surface area contributed by atoms with Gasteiger partial charge in [-0.1, -0.05) is 36.8 Å². The number of hydrogen-bond donors (Lipinski definition) is 1. The first-order valence-corrected chi connectivity index (χ1v) is 5.77. The van der Waals surface area contributed by atoms with Gasteiger partial charge in [-0.3, -0.25) is 0 Å². The van der Waals surface area contributed by atoms with Gasteiger partial charge in [0.05, 0.1) is 0 Å². The molecule has 0 spiro atoms. The maximum atomic E-state index is 11.0. The molecule has 0 heterocycles. The van der Waals surface area contributed by atoms with Crippen LogP contribution < -0.4 is 5.73 Å². The Morgan fingerprint density at radius 1 is 1.12 bits per heavy atom. The van der Waals surface area contributed by atoms with E-state index in [1.54, 1.807) is 0 Å². The van der Waals surface area contributed by atoms with E-state index in [2.05, 4.69) is 0 Å². The third-order valence-corrected chi connectivity index (χ3v) is 3.26. The summed E-state index contributed by atoms with van der Waals surface area (Å²) in [4.78, 5) is 11.0. The molecule has 2 rings (SSSR count). The standard InChI is InChI=1S/C13H17NO2/c14-12(15)16-13(9-5-2-6-10-13)11-7-3-1-4-8-11/h1,3-4,7-8H,2,5-6,9-10H2,(H2,14,15). The van der Waals surface area contributed by atoms with Gasteiger partial charge in [0, 0.05) is 0 Å². The summed E-state index contributed by atoms with van der Waals surface area (Å²) in [5, 5.41) is 0. The second kappa shape index (κ2) is 4.56. The van der Waals surface area contributed by atoms with Crippen LogP contribution in [0.3, 0.4) is 0 Å². The predicted octanol–water partition coefficient (Wildman–Crippen LogP) is 2.94. The van der Waals surface area contributed by atoms with Crippen molar-refractivity contribution in [3.05, 3.63) is 35.9 Å². The molecule has 0 aromatic heterocycles. The van der Waals surface area contributed by atoms with Crippen molar-refractivity contribution in [3.63, 3.8) is 0 Å². The van der Waals surface area contributed by atoms with Crippen LogP contribution in [0.1, 0.15) is 37.7 Å². The summed E-state index contributed by atoms with van der Waals surface area (Å²) in [6.07, 6.45) is 4.45. The molecule has 0 aliphatic heterocycles. The molecular formula is C13H17NO2. The molecule has 1 saturated carbocycles. The smallest absolute Gasteiger partial charge is 0.405 e. The Morgan fingerprint density at radius 2 is 1.75 bits per heavy atom. The highest BCUT2D eigenvalue weighted by molar-refractivity contribution is 5.65. The molecule has 1 fully saturated rings. The van der Waals surface area contributed by atoms with E-state index in [1.807, 2.05) is 30.3 Å². The van der Waals surface area contributed by atoms with Crippen LogP contribution in [0.5, 0.6) is 0 Å². The number of nitrogens with two attached hydrogens (primary N) is 1. The van der Waals surface area contributed by atoms with E-state index in [0.717, 1.165) is 31.2 Å². The Balaban J connectivity index is 2.29. The third kappa shape index (κ3) is 2.18. The lowest BCUT2D eigenvalue weighted by molar-refractivity contribution is -0.0165. The molecule has 86 valence electrons. The minimum absolute atomic E-state index is 0.481. The van der Waals surface area contributed by atoms with Gasteiger partial charge in [-0.15, -0.1) is 0 Å². The van der Waals surface area contributed by atoms with Crippen molar-refractivity contribution in [2.75, 3.05) is 0 Å².